The van der Waals surface area contributed by atoms with Gasteiger partial charge < -0.3 is 10.2 Å². The number of hydrogen-bond acceptors (Lipinski definition) is 8. The molecule has 0 atom stereocenters. The topological polar surface area (TPSA) is 133 Å². The van der Waals surface area contributed by atoms with Gasteiger partial charge in [0, 0.05) is 37.9 Å². The fourth-order valence-corrected chi connectivity index (χ4v) is 7.24. The second-order valence-electron chi connectivity index (χ2n) is 11.7. The molecule has 216 valence electrons. The molecule has 1 saturated heterocycles. The fourth-order valence-electron chi connectivity index (χ4n) is 5.76. The Morgan fingerprint density at radius 3 is 2.44 bits per heavy atom. The highest BCUT2D eigenvalue weighted by molar-refractivity contribution is 7.91. The summed E-state index contributed by atoms with van der Waals surface area (Å²) in [5.74, 6) is 0.0708. The zero-order valence-corrected chi connectivity index (χ0v) is 24.6. The predicted octanol–water partition coefficient (Wildman–Crippen LogP) is 2.59. The molecule has 2 aromatic heterocycles. The van der Waals surface area contributed by atoms with Gasteiger partial charge in [0.25, 0.3) is 5.56 Å². The lowest BCUT2D eigenvalue weighted by atomic mass is 9.91. The smallest absolute Gasteiger partial charge is 0.281 e. The van der Waals surface area contributed by atoms with E-state index >= 15 is 0 Å². The van der Waals surface area contributed by atoms with Gasteiger partial charge in [-0.15, -0.1) is 5.10 Å². The van der Waals surface area contributed by atoms with Gasteiger partial charge in [0.05, 0.1) is 21.3 Å². The summed E-state index contributed by atoms with van der Waals surface area (Å²) in [4.78, 5) is 34.6. The summed E-state index contributed by atoms with van der Waals surface area (Å²) in [6.45, 7) is 10.4. The highest BCUT2D eigenvalue weighted by atomic mass is 32.2. The van der Waals surface area contributed by atoms with E-state index in [2.05, 4.69) is 30.4 Å². The number of aromatic nitrogens is 4. The molecule has 1 amide bonds. The van der Waals surface area contributed by atoms with Crippen LogP contribution in [0, 0.1) is 13.8 Å². The number of carbonyl (C=O) groups is 1. The van der Waals surface area contributed by atoms with Gasteiger partial charge in [-0.1, -0.05) is 17.7 Å². The molecule has 1 saturated carbocycles. The minimum absolute atomic E-state index is 0.0383. The number of nitrogens with zero attached hydrogens (tertiary/aromatic N) is 5. The van der Waals surface area contributed by atoms with E-state index in [4.69, 9.17) is 0 Å². The zero-order valence-electron chi connectivity index (χ0n) is 23.8. The van der Waals surface area contributed by atoms with Crippen LogP contribution in [0.3, 0.4) is 0 Å². The summed E-state index contributed by atoms with van der Waals surface area (Å²) in [5.41, 5.74) is 1.76. The summed E-state index contributed by atoms with van der Waals surface area (Å²) in [7, 11) is -4.03. The lowest BCUT2D eigenvalue weighted by molar-refractivity contribution is -0.133. The molecule has 0 radical (unpaired) electrons. The van der Waals surface area contributed by atoms with Crippen LogP contribution in [-0.4, -0.2) is 76.8 Å². The number of nitrogens with one attached hydrogen (secondary N) is 2. The normalized spacial score (nSPS) is 17.2. The number of carbonyl (C=O) groups excluding carboxylic acids is 1. The van der Waals surface area contributed by atoms with Crippen LogP contribution in [-0.2, 0) is 14.6 Å². The van der Waals surface area contributed by atoms with Crippen molar-refractivity contribution in [2.24, 2.45) is 0 Å². The third kappa shape index (κ3) is 4.68. The maximum Gasteiger partial charge on any atom is 0.281 e. The number of aryl methyl sites for hydroxylation is 2. The summed E-state index contributed by atoms with van der Waals surface area (Å²) < 4.78 is 28.6. The first kappa shape index (κ1) is 27.4. The van der Waals surface area contributed by atoms with Gasteiger partial charge in [-0.2, -0.15) is 4.98 Å². The fraction of sp³-hybridized carbons (Fsp3) is 0.448. The average Bonchev–Trinajstić information content (AvgIpc) is 3.35. The van der Waals surface area contributed by atoms with Crippen molar-refractivity contribution in [2.45, 2.75) is 68.5 Å². The van der Waals surface area contributed by atoms with Crippen molar-refractivity contribution >= 4 is 38.0 Å². The van der Waals surface area contributed by atoms with Gasteiger partial charge in [-0.25, -0.2) is 18.1 Å². The molecule has 2 N–H and O–H groups in total. The number of amides is 1. The molecule has 0 bridgehead atoms. The number of H-pyrrole nitrogens is 1. The van der Waals surface area contributed by atoms with E-state index in [9.17, 15) is 18.0 Å². The summed E-state index contributed by atoms with van der Waals surface area (Å²) in [6.07, 6.45) is 3.28. The van der Waals surface area contributed by atoms with Crippen molar-refractivity contribution < 1.29 is 13.2 Å². The third-order valence-corrected chi connectivity index (χ3v) is 10.4. The largest absolute Gasteiger partial charge is 0.369 e. The van der Waals surface area contributed by atoms with Gasteiger partial charge in [-0.3, -0.25) is 14.5 Å². The maximum absolute atomic E-state index is 13.6. The first-order valence-electron chi connectivity index (χ1n) is 14.0. The number of sulfone groups is 1. The molecule has 0 unspecified atom stereocenters. The average molecular weight is 578 g/mol. The van der Waals surface area contributed by atoms with Crippen LogP contribution in [0.25, 0.3) is 16.6 Å². The molecular formula is C29H35N7O4S. The first-order chi connectivity index (χ1) is 19.5. The number of hydrogen-bond donors (Lipinski definition) is 2. The predicted molar refractivity (Wildman–Crippen MR) is 156 cm³/mol. The molecule has 0 spiro atoms. The number of rotatable bonds is 6. The van der Waals surface area contributed by atoms with Crippen LogP contribution in [0.2, 0.25) is 0 Å². The minimum atomic E-state index is -4.03. The van der Waals surface area contributed by atoms with Crippen LogP contribution in [0.1, 0.15) is 44.2 Å². The van der Waals surface area contributed by atoms with E-state index in [1.165, 1.54) is 10.9 Å². The molecule has 3 heterocycles. The third-order valence-electron chi connectivity index (χ3n) is 8.62. The molecule has 1 aliphatic heterocycles. The molecule has 6 rings (SSSR count). The summed E-state index contributed by atoms with van der Waals surface area (Å²) in [5, 5.41) is 10.1. The number of fused-ring (bicyclic) bond motifs is 3. The molecule has 12 heteroatoms. The van der Waals surface area contributed by atoms with Crippen molar-refractivity contribution in [3.63, 3.8) is 0 Å². The van der Waals surface area contributed by atoms with Gasteiger partial charge >= 0.3 is 0 Å². The molecule has 2 fully saturated rings. The molecule has 11 nitrogen and oxygen atoms in total. The van der Waals surface area contributed by atoms with Crippen LogP contribution in [0.4, 0.5) is 5.69 Å². The Hall–Kier alpha value is -3.77. The zero-order chi connectivity index (χ0) is 29.1. The Balaban J connectivity index is 1.29. The number of anilines is 1. The number of piperazine rings is 1. The summed E-state index contributed by atoms with van der Waals surface area (Å²) in [6, 6.07) is 10.8. The first-order valence-corrected chi connectivity index (χ1v) is 15.5. The van der Waals surface area contributed by atoms with Gasteiger partial charge in [-0.05, 0) is 76.8 Å². The molecular weight excluding hydrogens is 542 g/mol. The van der Waals surface area contributed by atoms with E-state index in [0.717, 1.165) is 24.1 Å². The SMILES string of the molecule is Cc1ccc(S(=O)(=O)c2n[nH]n3c2nc(=O)c2ccc(N4CCN(C(C)(C)C(=O)NC5CCC5)CC4)cc23)c(C)c1. The maximum atomic E-state index is 13.6. The van der Waals surface area contributed by atoms with E-state index in [0.29, 0.717) is 48.7 Å². The van der Waals surface area contributed by atoms with Crippen LogP contribution >= 0.6 is 0 Å². The van der Waals surface area contributed by atoms with Crippen molar-refractivity contribution in [1.82, 2.24) is 30.0 Å². The summed E-state index contributed by atoms with van der Waals surface area (Å²) >= 11 is 0. The lowest BCUT2D eigenvalue weighted by Crippen LogP contribution is -2.62. The highest BCUT2D eigenvalue weighted by Crippen LogP contribution is 2.29. The van der Waals surface area contributed by atoms with Crippen molar-refractivity contribution in [1.29, 1.82) is 0 Å². The Bertz CT molecular complexity index is 1830. The number of benzene rings is 2. The Morgan fingerprint density at radius 2 is 1.78 bits per heavy atom. The van der Waals surface area contributed by atoms with Crippen molar-refractivity contribution in [2.75, 3.05) is 31.1 Å². The van der Waals surface area contributed by atoms with Crippen molar-refractivity contribution in [3.8, 4) is 0 Å². The van der Waals surface area contributed by atoms with Crippen molar-refractivity contribution in [3.05, 3.63) is 57.9 Å². The van der Waals surface area contributed by atoms with Gasteiger partial charge in [0.1, 0.15) is 0 Å². The lowest BCUT2D eigenvalue weighted by Gasteiger charge is -2.44. The van der Waals surface area contributed by atoms with E-state index in [-0.39, 0.29) is 21.5 Å². The standard InChI is InChI=1S/C29H35N7O4S/c1-18-8-11-24(19(2)16-18)41(39,40)27-25-31-26(37)22-10-9-21(17-23(22)36(25)33-32-27)34-12-14-35(15-13-34)29(3,4)28(38)30-20-6-5-7-20/h8-11,16-17,20,33H,5-7,12-15H2,1-4H3,(H,30,38). The Kier molecular flexibility index (Phi) is 6.65. The van der Waals surface area contributed by atoms with Crippen LogP contribution < -0.4 is 15.8 Å². The van der Waals surface area contributed by atoms with Gasteiger partial charge in [0.2, 0.25) is 20.8 Å². The monoisotopic (exact) mass is 577 g/mol. The molecule has 2 aromatic carbocycles. The minimum Gasteiger partial charge on any atom is -0.369 e. The highest BCUT2D eigenvalue weighted by Gasteiger charge is 2.38. The molecule has 1 aliphatic carbocycles. The van der Waals surface area contributed by atoms with Gasteiger partial charge in [0.15, 0.2) is 5.65 Å². The molecule has 4 aromatic rings. The Morgan fingerprint density at radius 1 is 1.05 bits per heavy atom. The van der Waals surface area contributed by atoms with E-state index in [1.54, 1.807) is 31.2 Å². The Labute approximate surface area is 238 Å². The van der Waals surface area contributed by atoms with E-state index < -0.39 is 20.9 Å². The molecule has 41 heavy (non-hydrogen) atoms. The van der Waals surface area contributed by atoms with E-state index in [1.807, 2.05) is 32.9 Å². The second kappa shape index (κ2) is 9.95. The van der Waals surface area contributed by atoms with Crippen LogP contribution in [0.5, 0.6) is 0 Å². The van der Waals surface area contributed by atoms with Crippen LogP contribution in [0.15, 0.2) is 51.1 Å². The number of aromatic amines is 1. The molecule has 2 aliphatic rings. The quantitative estimate of drug-likeness (QED) is 0.357. The second-order valence-corrected chi connectivity index (χ2v) is 13.5.